The molecule has 0 spiro atoms. The molecule has 7 heteroatoms. The van der Waals surface area contributed by atoms with E-state index in [1.165, 1.54) is 11.8 Å². The number of ketones is 1. The van der Waals surface area contributed by atoms with Crippen molar-refractivity contribution in [2.45, 2.75) is 89.7 Å². The molecule has 1 aromatic carbocycles. The van der Waals surface area contributed by atoms with E-state index in [0.717, 1.165) is 44.3 Å². The first-order valence-corrected chi connectivity index (χ1v) is 14.6. The van der Waals surface area contributed by atoms with Crippen LogP contribution in [0.25, 0.3) is 0 Å². The Hall–Kier alpha value is -3.16. The summed E-state index contributed by atoms with van der Waals surface area (Å²) >= 11 is 0. The number of carbonyl (C=O) groups excluding carboxylic acids is 2. The van der Waals surface area contributed by atoms with Crippen molar-refractivity contribution in [3.8, 4) is 0 Å². The number of hydrogen-bond donors (Lipinski definition) is 2. The maximum absolute atomic E-state index is 12.9. The van der Waals surface area contributed by atoms with Gasteiger partial charge in [0, 0.05) is 24.9 Å². The van der Waals surface area contributed by atoms with Crippen molar-refractivity contribution in [3.63, 3.8) is 0 Å². The van der Waals surface area contributed by atoms with Crippen LogP contribution in [0.15, 0.2) is 72.1 Å². The number of ether oxygens (including phenoxy) is 2. The molecule has 2 heterocycles. The van der Waals surface area contributed by atoms with E-state index < -0.39 is 12.1 Å². The molecule has 7 nitrogen and oxygen atoms in total. The highest BCUT2D eigenvalue weighted by atomic mass is 16.6. The molecule has 1 aromatic rings. The maximum Gasteiger partial charge on any atom is 0.220 e. The number of rotatable bonds is 12. The summed E-state index contributed by atoms with van der Waals surface area (Å²) in [6.07, 6.45) is 13.9. The van der Waals surface area contributed by atoms with Gasteiger partial charge in [0.25, 0.3) is 0 Å². The lowest BCUT2D eigenvalue weighted by atomic mass is 9.86. The van der Waals surface area contributed by atoms with Crippen LogP contribution >= 0.6 is 0 Å². The fourth-order valence-electron chi connectivity index (χ4n) is 5.23. The molecule has 3 aliphatic rings. The van der Waals surface area contributed by atoms with Crippen molar-refractivity contribution < 1.29 is 24.2 Å². The van der Waals surface area contributed by atoms with Gasteiger partial charge in [0.05, 0.1) is 6.04 Å². The van der Waals surface area contributed by atoms with Crippen molar-refractivity contribution in [3.05, 3.63) is 83.2 Å². The highest BCUT2D eigenvalue weighted by Gasteiger charge is 2.31. The van der Waals surface area contributed by atoms with Gasteiger partial charge in [-0.25, -0.2) is 0 Å². The van der Waals surface area contributed by atoms with Crippen molar-refractivity contribution in [2.24, 2.45) is 0 Å². The number of allylic oxidation sites excluding steroid dienone is 4. The molecule has 2 atom stereocenters. The van der Waals surface area contributed by atoms with Gasteiger partial charge in [-0.2, -0.15) is 0 Å². The molecular formula is C33H44N2O5. The van der Waals surface area contributed by atoms with Gasteiger partial charge >= 0.3 is 0 Å². The van der Waals surface area contributed by atoms with Crippen LogP contribution in [-0.2, 0) is 19.7 Å². The smallest absolute Gasteiger partial charge is 0.220 e. The summed E-state index contributed by atoms with van der Waals surface area (Å²) in [5, 5.41) is 14.3. The van der Waals surface area contributed by atoms with Gasteiger partial charge < -0.3 is 24.8 Å². The number of aliphatic hydroxyl groups excluding tert-OH is 1. The maximum atomic E-state index is 12.9. The van der Waals surface area contributed by atoms with Crippen LogP contribution in [0.3, 0.4) is 0 Å². The minimum atomic E-state index is -1.05. The highest BCUT2D eigenvalue weighted by molar-refractivity contribution is 5.96. The molecule has 1 amide bonds. The fourth-order valence-corrected chi connectivity index (χ4v) is 5.23. The Morgan fingerprint density at radius 2 is 1.77 bits per heavy atom. The van der Waals surface area contributed by atoms with Gasteiger partial charge in [-0.15, -0.1) is 0 Å². The Morgan fingerprint density at radius 3 is 2.45 bits per heavy atom. The first-order chi connectivity index (χ1) is 19.2. The number of amides is 1. The second-order valence-corrected chi connectivity index (χ2v) is 12.0. The average molecular weight is 549 g/mol. The minimum Gasteiger partial charge on any atom is -0.465 e. The molecule has 40 heavy (non-hydrogen) atoms. The molecule has 2 N–H and O–H groups in total. The summed E-state index contributed by atoms with van der Waals surface area (Å²) in [5.74, 6) is 0.834. The zero-order valence-electron chi connectivity index (χ0n) is 24.2. The predicted octanol–water partition coefficient (Wildman–Crippen LogP) is 5.67. The summed E-state index contributed by atoms with van der Waals surface area (Å²) in [7, 11) is 0. The normalized spacial score (nSPS) is 19.1. The van der Waals surface area contributed by atoms with E-state index in [-0.39, 0.29) is 17.1 Å². The number of carbonyl (C=O) groups is 2. The number of likely N-dealkylation sites (tertiary alicyclic amines) is 1. The van der Waals surface area contributed by atoms with Crippen molar-refractivity contribution in [2.75, 3.05) is 19.6 Å². The summed E-state index contributed by atoms with van der Waals surface area (Å²) in [4.78, 5) is 27.8. The van der Waals surface area contributed by atoms with Crippen LogP contribution in [0.5, 0.6) is 0 Å². The Bertz CT molecular complexity index is 1150. The zero-order chi connectivity index (χ0) is 28.5. The Labute approximate surface area is 238 Å². The van der Waals surface area contributed by atoms with Gasteiger partial charge in [-0.1, -0.05) is 63.3 Å². The number of Topliss-reactive ketones (excluding diaryl/α,β-unsaturated/α-hetero) is 1. The van der Waals surface area contributed by atoms with E-state index in [0.29, 0.717) is 49.3 Å². The third-order valence-electron chi connectivity index (χ3n) is 7.72. The van der Waals surface area contributed by atoms with Gasteiger partial charge in [0.15, 0.2) is 17.3 Å². The lowest BCUT2D eigenvalue weighted by Crippen LogP contribution is -2.51. The topological polar surface area (TPSA) is 88.1 Å². The quantitative estimate of drug-likeness (QED) is 0.258. The molecule has 1 aliphatic carbocycles. The average Bonchev–Trinajstić information content (AvgIpc) is 3.48. The first kappa shape index (κ1) is 29.8. The summed E-state index contributed by atoms with van der Waals surface area (Å²) in [5.41, 5.74) is 2.97. The Balaban J connectivity index is 1.28. The van der Waals surface area contributed by atoms with Gasteiger partial charge in [0.2, 0.25) is 5.91 Å². The van der Waals surface area contributed by atoms with Crippen molar-refractivity contribution in [1.29, 1.82) is 0 Å². The van der Waals surface area contributed by atoms with E-state index in [4.69, 9.17) is 9.47 Å². The van der Waals surface area contributed by atoms with Gasteiger partial charge in [-0.05, 0) is 68.2 Å². The third kappa shape index (κ3) is 8.42. The molecule has 0 saturated carbocycles. The first-order valence-electron chi connectivity index (χ1n) is 14.6. The number of nitrogens with zero attached hydrogens (tertiary/aromatic N) is 1. The molecule has 216 valence electrons. The summed E-state index contributed by atoms with van der Waals surface area (Å²) < 4.78 is 11.6. The van der Waals surface area contributed by atoms with E-state index in [9.17, 15) is 14.7 Å². The number of nitrogens with one attached hydrogen (secondary N) is 1. The van der Waals surface area contributed by atoms with Crippen molar-refractivity contribution in [1.82, 2.24) is 10.2 Å². The second kappa shape index (κ2) is 14.0. The monoisotopic (exact) mass is 548 g/mol. The van der Waals surface area contributed by atoms with Crippen LogP contribution in [0.4, 0.5) is 0 Å². The van der Waals surface area contributed by atoms with E-state index in [1.54, 1.807) is 6.26 Å². The SMILES string of the molecule is CC(C)(C)c1ccc(C(=O)CCCCC(=O)N[C@H](CN2CCCC2)[C@@H](O)C2=COC=C(C3=CC=CCC3)O2)cc1. The largest absolute Gasteiger partial charge is 0.465 e. The highest BCUT2D eigenvalue weighted by Crippen LogP contribution is 2.28. The molecule has 1 fully saturated rings. The standard InChI is InChI=1S/C33H44N2O5/c1-33(2,3)26-17-15-24(16-18-26)28(36)13-7-8-14-31(37)34-27(21-35-19-9-10-20-35)32(38)30-23-39-22-29(40-30)25-11-5-4-6-12-25/h4-5,11,15-18,22-23,27,32,38H,6-10,12-14,19-21H2,1-3H3,(H,34,37)/t27-,32-/m1/s1. The molecule has 1 saturated heterocycles. The third-order valence-corrected chi connectivity index (χ3v) is 7.72. The van der Waals surface area contributed by atoms with E-state index in [2.05, 4.69) is 37.1 Å². The molecule has 4 rings (SSSR count). The van der Waals surface area contributed by atoms with Crippen LogP contribution in [0.1, 0.15) is 88.1 Å². The lowest BCUT2D eigenvalue weighted by Gasteiger charge is -2.30. The van der Waals surface area contributed by atoms with E-state index >= 15 is 0 Å². The van der Waals surface area contributed by atoms with Crippen molar-refractivity contribution >= 4 is 11.7 Å². The molecule has 2 aliphatic heterocycles. The molecule has 0 radical (unpaired) electrons. The number of aliphatic hydroxyl groups is 1. The van der Waals surface area contributed by atoms with Gasteiger partial charge in [-0.3, -0.25) is 9.59 Å². The number of unbranched alkanes of at least 4 members (excludes halogenated alkanes) is 1. The fraction of sp³-hybridized carbons (Fsp3) is 0.515. The van der Waals surface area contributed by atoms with Crippen LogP contribution < -0.4 is 5.32 Å². The molecule has 0 unspecified atom stereocenters. The molecule has 0 aromatic heterocycles. The number of hydrogen-bond acceptors (Lipinski definition) is 6. The zero-order valence-corrected chi connectivity index (χ0v) is 24.2. The Morgan fingerprint density at radius 1 is 1.05 bits per heavy atom. The van der Waals surface area contributed by atoms with Crippen LogP contribution in [0.2, 0.25) is 0 Å². The van der Waals surface area contributed by atoms with Crippen LogP contribution in [-0.4, -0.2) is 53.5 Å². The second-order valence-electron chi connectivity index (χ2n) is 12.0. The van der Waals surface area contributed by atoms with Crippen LogP contribution in [0, 0.1) is 0 Å². The molecule has 0 bridgehead atoms. The predicted molar refractivity (Wildman–Crippen MR) is 156 cm³/mol. The summed E-state index contributed by atoms with van der Waals surface area (Å²) in [6.45, 7) is 8.87. The Kier molecular flexibility index (Phi) is 10.4. The summed E-state index contributed by atoms with van der Waals surface area (Å²) in [6, 6.07) is 7.29. The van der Waals surface area contributed by atoms with E-state index in [1.807, 2.05) is 36.4 Å². The van der Waals surface area contributed by atoms with Gasteiger partial charge in [0.1, 0.15) is 18.6 Å². The minimum absolute atomic E-state index is 0.0470. The lowest BCUT2D eigenvalue weighted by molar-refractivity contribution is -0.123. The number of benzene rings is 1. The molecular weight excluding hydrogens is 504 g/mol.